The highest BCUT2D eigenvalue weighted by molar-refractivity contribution is 7.99. The number of nitrogen functional groups attached to an aromatic ring is 1. The Hall–Kier alpha value is -2.82. The molecule has 0 radical (unpaired) electrons. The molecule has 0 spiro atoms. The summed E-state index contributed by atoms with van der Waals surface area (Å²) in [7, 11) is 0. The summed E-state index contributed by atoms with van der Waals surface area (Å²) in [5.74, 6) is 1.92. The molecule has 4 N–H and O–H groups in total. The Bertz CT molecular complexity index is 1160. The number of aryl methyl sites for hydroxylation is 1. The van der Waals surface area contributed by atoms with E-state index < -0.39 is 0 Å². The molecular weight excluding hydrogens is 426 g/mol. The van der Waals surface area contributed by atoms with E-state index in [0.717, 1.165) is 58.8 Å². The largest absolute Gasteiger partial charge is 0.454 e. The van der Waals surface area contributed by atoms with Gasteiger partial charge in [-0.15, -0.1) is 0 Å². The molecular formula is C22H27N7O2S. The molecule has 0 bridgehead atoms. The molecule has 0 fully saturated rings. The van der Waals surface area contributed by atoms with E-state index in [1.807, 2.05) is 6.07 Å². The van der Waals surface area contributed by atoms with Crippen molar-refractivity contribution in [3.63, 3.8) is 0 Å². The van der Waals surface area contributed by atoms with Gasteiger partial charge in [0.2, 0.25) is 6.79 Å². The predicted molar refractivity (Wildman–Crippen MR) is 124 cm³/mol. The minimum atomic E-state index is 0.116. The Morgan fingerprint density at radius 2 is 2.12 bits per heavy atom. The van der Waals surface area contributed by atoms with Crippen molar-refractivity contribution >= 4 is 28.7 Å². The zero-order valence-corrected chi connectivity index (χ0v) is 19.0. The zero-order chi connectivity index (χ0) is 22.1. The molecule has 0 amide bonds. The number of aromatic nitrogens is 4. The Balaban J connectivity index is 1.51. The van der Waals surface area contributed by atoms with E-state index in [1.54, 1.807) is 11.8 Å². The zero-order valence-electron chi connectivity index (χ0n) is 18.2. The smallest absolute Gasteiger partial charge is 0.231 e. The predicted octanol–water partition coefficient (Wildman–Crippen LogP) is 2.88. The number of benzene rings is 1. The highest BCUT2D eigenvalue weighted by Gasteiger charge is 2.25. The quantitative estimate of drug-likeness (QED) is 0.350. The fraction of sp³-hybridized carbons (Fsp3) is 0.409. The van der Waals surface area contributed by atoms with Crippen LogP contribution in [-0.4, -0.2) is 45.4 Å². The molecule has 168 valence electrons. The second kappa shape index (κ2) is 8.97. The van der Waals surface area contributed by atoms with Crippen LogP contribution in [0.15, 0.2) is 40.7 Å². The average Bonchev–Trinajstić information content (AvgIpc) is 3.51. The monoisotopic (exact) mass is 453 g/mol. The third kappa shape index (κ3) is 4.13. The van der Waals surface area contributed by atoms with Crippen molar-refractivity contribution in [3.05, 3.63) is 36.2 Å². The van der Waals surface area contributed by atoms with Gasteiger partial charge in [0, 0.05) is 24.0 Å². The second-order valence-electron chi connectivity index (χ2n) is 8.10. The van der Waals surface area contributed by atoms with E-state index in [2.05, 4.69) is 57.2 Å². The van der Waals surface area contributed by atoms with Crippen molar-refractivity contribution in [1.29, 1.82) is 0 Å². The molecule has 3 aromatic rings. The molecule has 1 unspecified atom stereocenters. The summed E-state index contributed by atoms with van der Waals surface area (Å²) in [6.45, 7) is 7.06. The van der Waals surface area contributed by atoms with Gasteiger partial charge in [-0.05, 0) is 30.7 Å². The van der Waals surface area contributed by atoms with E-state index >= 15 is 0 Å². The normalized spacial score (nSPS) is 17.2. The minimum Gasteiger partial charge on any atom is -0.454 e. The lowest BCUT2D eigenvalue weighted by molar-refractivity contribution is 0.174. The summed E-state index contributed by atoms with van der Waals surface area (Å²) in [6, 6.07) is 4.66. The van der Waals surface area contributed by atoms with Crippen LogP contribution in [0.1, 0.15) is 31.9 Å². The van der Waals surface area contributed by atoms with E-state index in [-0.39, 0.29) is 12.8 Å². The summed E-state index contributed by atoms with van der Waals surface area (Å²) in [6.07, 6.45) is 6.75. The van der Waals surface area contributed by atoms with Crippen molar-refractivity contribution in [2.75, 3.05) is 25.6 Å². The van der Waals surface area contributed by atoms with Crippen LogP contribution < -0.4 is 25.8 Å². The Labute approximate surface area is 190 Å². The molecule has 1 aromatic carbocycles. The summed E-state index contributed by atoms with van der Waals surface area (Å²) in [4.78, 5) is 14.5. The SMILES string of the molecule is CC(C)NCCCn1c(Sc2cc3c(cc2C2C=CCN2)OCO3)nc2c(N)ncnc21. The molecule has 2 aliphatic heterocycles. The number of fused-ring (bicyclic) bond motifs is 2. The number of hydrogen-bond donors (Lipinski definition) is 3. The lowest BCUT2D eigenvalue weighted by atomic mass is 10.1. The van der Waals surface area contributed by atoms with E-state index in [9.17, 15) is 0 Å². The topological polar surface area (TPSA) is 112 Å². The molecule has 2 aliphatic rings. The van der Waals surface area contributed by atoms with Gasteiger partial charge in [-0.1, -0.05) is 37.8 Å². The maximum Gasteiger partial charge on any atom is 0.231 e. The number of nitrogens with two attached hydrogens (primary N) is 1. The number of imidazole rings is 1. The second-order valence-corrected chi connectivity index (χ2v) is 9.11. The molecule has 0 aliphatic carbocycles. The van der Waals surface area contributed by atoms with E-state index in [4.69, 9.17) is 20.2 Å². The number of nitrogens with zero attached hydrogens (tertiary/aromatic N) is 4. The van der Waals surface area contributed by atoms with Crippen LogP contribution in [0.2, 0.25) is 0 Å². The van der Waals surface area contributed by atoms with Gasteiger partial charge >= 0.3 is 0 Å². The number of anilines is 1. The van der Waals surface area contributed by atoms with Crippen LogP contribution in [0, 0.1) is 0 Å². The van der Waals surface area contributed by atoms with E-state index in [1.165, 1.54) is 6.33 Å². The van der Waals surface area contributed by atoms with Gasteiger partial charge < -0.3 is 30.4 Å². The van der Waals surface area contributed by atoms with Gasteiger partial charge in [-0.3, -0.25) is 0 Å². The fourth-order valence-corrected chi connectivity index (χ4v) is 4.98. The molecule has 9 nitrogen and oxygen atoms in total. The standard InChI is InChI=1S/C22H27N7O2S/c1-13(2)24-7-4-8-29-21-19(20(23)26-11-27-21)28-22(29)32-18-10-17-16(30-12-31-17)9-14(18)15-5-3-6-25-15/h3,5,9-11,13,15,24-25H,4,6-8,12H2,1-2H3,(H2,23,26,27). The first-order chi connectivity index (χ1) is 15.6. The number of rotatable bonds is 8. The van der Waals surface area contributed by atoms with Gasteiger partial charge in [0.25, 0.3) is 0 Å². The highest BCUT2D eigenvalue weighted by Crippen LogP contribution is 2.43. The first-order valence-electron chi connectivity index (χ1n) is 10.8. The first kappa shape index (κ1) is 21.0. The van der Waals surface area contributed by atoms with Crippen LogP contribution in [0.3, 0.4) is 0 Å². The highest BCUT2D eigenvalue weighted by atomic mass is 32.2. The van der Waals surface area contributed by atoms with Crippen LogP contribution in [0.25, 0.3) is 11.2 Å². The van der Waals surface area contributed by atoms with Crippen molar-refractivity contribution in [2.24, 2.45) is 0 Å². The van der Waals surface area contributed by atoms with Gasteiger partial charge in [0.1, 0.15) is 6.33 Å². The van der Waals surface area contributed by atoms with Gasteiger partial charge in [0.05, 0.1) is 6.04 Å². The van der Waals surface area contributed by atoms with Crippen molar-refractivity contribution < 1.29 is 9.47 Å². The van der Waals surface area contributed by atoms with Gasteiger partial charge in [-0.2, -0.15) is 0 Å². The number of hydrogen-bond acceptors (Lipinski definition) is 9. The minimum absolute atomic E-state index is 0.116. The third-order valence-corrected chi connectivity index (χ3v) is 6.53. The fourth-order valence-electron chi connectivity index (χ4n) is 3.89. The lowest BCUT2D eigenvalue weighted by Gasteiger charge is -2.16. The summed E-state index contributed by atoms with van der Waals surface area (Å²) >= 11 is 1.59. The summed E-state index contributed by atoms with van der Waals surface area (Å²) < 4.78 is 13.4. The Morgan fingerprint density at radius 1 is 1.28 bits per heavy atom. The molecule has 2 aromatic heterocycles. The lowest BCUT2D eigenvalue weighted by Crippen LogP contribution is -2.24. The molecule has 0 saturated carbocycles. The molecule has 4 heterocycles. The first-order valence-corrected chi connectivity index (χ1v) is 11.6. The molecule has 5 rings (SSSR count). The Morgan fingerprint density at radius 3 is 2.91 bits per heavy atom. The third-order valence-electron chi connectivity index (χ3n) is 5.46. The summed E-state index contributed by atoms with van der Waals surface area (Å²) in [5, 5.41) is 7.79. The van der Waals surface area contributed by atoms with Crippen LogP contribution >= 0.6 is 11.8 Å². The van der Waals surface area contributed by atoms with Crippen LogP contribution in [0.5, 0.6) is 11.5 Å². The van der Waals surface area contributed by atoms with Crippen LogP contribution in [-0.2, 0) is 6.54 Å². The average molecular weight is 454 g/mol. The molecule has 1 atom stereocenters. The molecule has 32 heavy (non-hydrogen) atoms. The van der Waals surface area contributed by atoms with Crippen molar-refractivity contribution in [3.8, 4) is 11.5 Å². The molecule has 10 heteroatoms. The Kier molecular flexibility index (Phi) is 5.90. The summed E-state index contributed by atoms with van der Waals surface area (Å²) in [5.41, 5.74) is 8.64. The van der Waals surface area contributed by atoms with Crippen molar-refractivity contribution in [2.45, 2.75) is 48.9 Å². The van der Waals surface area contributed by atoms with Crippen molar-refractivity contribution in [1.82, 2.24) is 30.2 Å². The number of ether oxygens (including phenoxy) is 2. The van der Waals surface area contributed by atoms with E-state index in [0.29, 0.717) is 17.4 Å². The van der Waals surface area contributed by atoms with Gasteiger partial charge in [0.15, 0.2) is 33.6 Å². The maximum absolute atomic E-state index is 6.13. The number of nitrogens with one attached hydrogen (secondary N) is 2. The maximum atomic E-state index is 6.13. The molecule has 0 saturated heterocycles. The van der Waals surface area contributed by atoms with Crippen LogP contribution in [0.4, 0.5) is 5.82 Å². The van der Waals surface area contributed by atoms with Gasteiger partial charge in [-0.25, -0.2) is 15.0 Å².